The van der Waals surface area contributed by atoms with Crippen LogP contribution in [0.5, 0.6) is 0 Å². The van der Waals surface area contributed by atoms with Crippen molar-refractivity contribution in [3.8, 4) is 0 Å². The van der Waals surface area contributed by atoms with Gasteiger partial charge in [0.25, 0.3) is 0 Å². The van der Waals surface area contributed by atoms with E-state index in [-0.39, 0.29) is 0 Å². The number of hydrogen-bond donors (Lipinski definition) is 2. The topological polar surface area (TPSA) is 43.0 Å². The molecule has 0 radical (unpaired) electrons. The molecule has 2 aromatic rings. The van der Waals surface area contributed by atoms with E-state index in [1.54, 1.807) is 11.3 Å². The third-order valence-electron chi connectivity index (χ3n) is 2.25. The molecule has 3 N–H and O–H groups in total. The fourth-order valence-electron chi connectivity index (χ4n) is 1.74. The summed E-state index contributed by atoms with van der Waals surface area (Å²) >= 11 is 1.65. The van der Waals surface area contributed by atoms with Gasteiger partial charge in [0.2, 0.25) is 0 Å². The molecule has 0 saturated carbocycles. The van der Waals surface area contributed by atoms with Crippen LogP contribution in [0.4, 0.5) is 10.8 Å². The maximum Gasteiger partial charge on any atom is 0.107 e. The summed E-state index contributed by atoms with van der Waals surface area (Å²) in [5.74, 6) is 1.23. The minimum absolute atomic E-state index is 0.905. The minimum Gasteiger partial charge on any atom is -0.391 e. The second kappa shape index (κ2) is 1.95. The van der Waals surface area contributed by atoms with Crippen molar-refractivity contribution in [2.45, 2.75) is 6.54 Å². The van der Waals surface area contributed by atoms with Gasteiger partial charge in [0.15, 0.2) is 0 Å². The summed E-state index contributed by atoms with van der Waals surface area (Å²) in [5.41, 5.74) is 6.99. The highest BCUT2D eigenvalue weighted by atomic mass is 32.1. The average Bonchev–Trinajstić information content (AvgIpc) is 2.59. The van der Waals surface area contributed by atoms with Gasteiger partial charge in [-0.3, -0.25) is 0 Å². The molecular weight excluding hydrogens is 170 g/mol. The molecule has 0 aliphatic carbocycles. The second-order valence-corrected chi connectivity index (χ2v) is 4.12. The Morgan fingerprint density at radius 2 is 2.42 bits per heavy atom. The first kappa shape index (κ1) is 6.37. The molecule has 12 heavy (non-hydrogen) atoms. The maximum absolute atomic E-state index is 5.71. The van der Waals surface area contributed by atoms with E-state index < -0.39 is 0 Å². The number of hydrogen-bond acceptors (Lipinski definition) is 3. The summed E-state index contributed by atoms with van der Waals surface area (Å²) in [6.07, 6.45) is 0. The van der Waals surface area contributed by atoms with Gasteiger partial charge in [-0.1, -0.05) is 0 Å². The van der Waals surface area contributed by atoms with Gasteiger partial charge in [0, 0.05) is 13.1 Å². The van der Waals surface area contributed by atoms with E-state index >= 15 is 0 Å². The van der Waals surface area contributed by atoms with Gasteiger partial charge in [-0.2, -0.15) is 0 Å². The highest BCUT2D eigenvalue weighted by Gasteiger charge is 2.14. The summed E-state index contributed by atoms with van der Waals surface area (Å²) < 4.78 is 3.57. The molecule has 0 unspecified atom stereocenters. The van der Waals surface area contributed by atoms with E-state index in [9.17, 15) is 0 Å². The van der Waals surface area contributed by atoms with E-state index in [0.29, 0.717) is 0 Å². The van der Waals surface area contributed by atoms with Crippen LogP contribution in [-0.2, 0) is 6.54 Å². The van der Waals surface area contributed by atoms with Crippen molar-refractivity contribution < 1.29 is 0 Å². The number of rotatable bonds is 0. The third-order valence-corrected chi connectivity index (χ3v) is 3.15. The molecule has 0 spiro atoms. The Morgan fingerprint density at radius 3 is 3.33 bits per heavy atom. The highest BCUT2D eigenvalue weighted by molar-refractivity contribution is 7.22. The molecule has 1 aliphatic heterocycles. The molecule has 1 aliphatic rings. The lowest BCUT2D eigenvalue weighted by molar-refractivity contribution is 0.840. The van der Waals surface area contributed by atoms with E-state index in [4.69, 9.17) is 5.73 Å². The first-order chi connectivity index (χ1) is 5.84. The summed E-state index contributed by atoms with van der Waals surface area (Å²) in [4.78, 5) is 0. The molecular formula is C8H9N3S. The van der Waals surface area contributed by atoms with Gasteiger partial charge in [-0.15, -0.1) is 11.3 Å². The zero-order chi connectivity index (χ0) is 8.13. The quantitative estimate of drug-likeness (QED) is 0.646. The summed E-state index contributed by atoms with van der Waals surface area (Å²) in [6.45, 7) is 2.11. The zero-order valence-electron chi connectivity index (χ0n) is 6.50. The van der Waals surface area contributed by atoms with E-state index in [0.717, 1.165) is 18.1 Å². The van der Waals surface area contributed by atoms with Gasteiger partial charge in [-0.25, -0.2) is 0 Å². The van der Waals surface area contributed by atoms with Crippen molar-refractivity contribution in [1.82, 2.24) is 4.57 Å². The number of nitrogens with two attached hydrogens (primary N) is 1. The summed E-state index contributed by atoms with van der Waals surface area (Å²) in [6, 6.07) is 4.22. The molecule has 3 heterocycles. The third kappa shape index (κ3) is 0.653. The second-order valence-electron chi connectivity index (χ2n) is 3.01. The van der Waals surface area contributed by atoms with E-state index in [1.807, 2.05) is 0 Å². The van der Waals surface area contributed by atoms with Crippen molar-refractivity contribution in [3.63, 3.8) is 0 Å². The molecule has 3 nitrogen and oxygen atoms in total. The van der Waals surface area contributed by atoms with Crippen molar-refractivity contribution in [3.05, 3.63) is 12.1 Å². The van der Waals surface area contributed by atoms with Crippen LogP contribution in [0.15, 0.2) is 12.1 Å². The number of nitrogens with zero attached hydrogens (tertiary/aromatic N) is 1. The predicted octanol–water partition coefficient (Wildman–Crippen LogP) is 1.71. The Bertz CT molecular complexity index is 440. The monoisotopic (exact) mass is 179 g/mol. The number of anilines is 2. The normalized spacial score (nSPS) is 15.0. The molecule has 0 amide bonds. The molecule has 0 aromatic carbocycles. The van der Waals surface area contributed by atoms with Crippen LogP contribution in [0.3, 0.4) is 0 Å². The Labute approximate surface area is 73.8 Å². The maximum atomic E-state index is 5.71. The zero-order valence-corrected chi connectivity index (χ0v) is 7.32. The molecule has 3 rings (SSSR count). The lowest BCUT2D eigenvalue weighted by Crippen LogP contribution is -1.93. The number of aromatic nitrogens is 1. The Hall–Kier alpha value is -1.16. The lowest BCUT2D eigenvalue weighted by atomic mass is 10.5. The molecule has 0 bridgehead atoms. The van der Waals surface area contributed by atoms with Gasteiger partial charge < -0.3 is 15.6 Å². The van der Waals surface area contributed by atoms with E-state index in [1.165, 1.54) is 16.0 Å². The van der Waals surface area contributed by atoms with E-state index in [2.05, 4.69) is 22.0 Å². The Balaban J connectivity index is 2.40. The molecule has 0 fully saturated rings. The number of nitrogen functional groups attached to an aromatic ring is 1. The van der Waals surface area contributed by atoms with Crippen molar-refractivity contribution in [1.29, 1.82) is 0 Å². The molecule has 0 atom stereocenters. The van der Waals surface area contributed by atoms with Crippen molar-refractivity contribution in [2.75, 3.05) is 17.6 Å². The molecule has 2 aromatic heterocycles. The number of thiophene rings is 1. The fourth-order valence-corrected chi connectivity index (χ4v) is 2.61. The molecule has 0 saturated heterocycles. The smallest absolute Gasteiger partial charge is 0.107 e. The first-order valence-electron chi connectivity index (χ1n) is 3.97. The fraction of sp³-hybridized carbons (Fsp3) is 0.250. The molecule has 4 heteroatoms. The molecule has 62 valence electrons. The predicted molar refractivity (Wildman–Crippen MR) is 52.7 cm³/mol. The minimum atomic E-state index is 0.905. The van der Waals surface area contributed by atoms with Gasteiger partial charge in [0.05, 0.1) is 15.2 Å². The largest absolute Gasteiger partial charge is 0.391 e. The van der Waals surface area contributed by atoms with Gasteiger partial charge >= 0.3 is 0 Å². The number of fused-ring (bicyclic) bond motifs is 3. The first-order valence-corrected chi connectivity index (χ1v) is 4.79. The van der Waals surface area contributed by atoms with Crippen molar-refractivity contribution in [2.24, 2.45) is 0 Å². The SMILES string of the molecule is Nc1cc2c(cc3n2CCN3)s1. The van der Waals surface area contributed by atoms with Crippen LogP contribution in [-0.4, -0.2) is 11.1 Å². The van der Waals surface area contributed by atoms with Crippen LogP contribution in [0, 0.1) is 0 Å². The van der Waals surface area contributed by atoms with Crippen LogP contribution < -0.4 is 11.1 Å². The average molecular weight is 179 g/mol. The van der Waals surface area contributed by atoms with Crippen LogP contribution in [0.2, 0.25) is 0 Å². The van der Waals surface area contributed by atoms with Gasteiger partial charge in [-0.05, 0) is 12.1 Å². The Morgan fingerprint density at radius 1 is 1.50 bits per heavy atom. The van der Waals surface area contributed by atoms with Gasteiger partial charge in [0.1, 0.15) is 5.82 Å². The lowest BCUT2D eigenvalue weighted by Gasteiger charge is -1.93. The van der Waals surface area contributed by atoms with Crippen LogP contribution >= 0.6 is 11.3 Å². The van der Waals surface area contributed by atoms with Crippen molar-refractivity contribution >= 4 is 32.4 Å². The summed E-state index contributed by atoms with van der Waals surface area (Å²) in [7, 11) is 0. The summed E-state index contributed by atoms with van der Waals surface area (Å²) in [5, 5.41) is 4.23. The highest BCUT2D eigenvalue weighted by Crippen LogP contribution is 2.34. The standard InChI is InChI=1S/C8H9N3S/c9-7-3-5-6(12-7)4-8-10-1-2-11(5)8/h3-4,10H,1-2,9H2. The van der Waals surface area contributed by atoms with Crippen LogP contribution in [0.1, 0.15) is 0 Å². The Kier molecular flexibility index (Phi) is 1.04. The number of nitrogens with one attached hydrogen (secondary N) is 1. The van der Waals surface area contributed by atoms with Crippen LogP contribution in [0.25, 0.3) is 10.2 Å².